The molecule has 0 amide bonds. The lowest BCUT2D eigenvalue weighted by molar-refractivity contribution is 1.04. The SMILES string of the molecule is C(=C\c1cc(NCc2cccc3ccccc23)nc(NCc2cccc3ccccc23)n1)/c1ccccc1. The zero-order valence-electron chi connectivity index (χ0n) is 21.0. The third kappa shape index (κ3) is 5.40. The van der Waals surface area contributed by atoms with Crippen molar-refractivity contribution in [3.8, 4) is 0 Å². The first kappa shape index (κ1) is 23.4. The van der Waals surface area contributed by atoms with E-state index in [0.717, 1.165) is 17.1 Å². The lowest BCUT2D eigenvalue weighted by Crippen LogP contribution is -2.08. The van der Waals surface area contributed by atoms with Gasteiger partial charge in [0.25, 0.3) is 0 Å². The fraction of sp³-hybridized carbons (Fsp3) is 0.0588. The third-order valence-electron chi connectivity index (χ3n) is 6.65. The van der Waals surface area contributed by atoms with Crippen LogP contribution in [0.15, 0.2) is 121 Å². The van der Waals surface area contributed by atoms with Gasteiger partial charge in [-0.2, -0.15) is 4.98 Å². The van der Waals surface area contributed by atoms with Crippen molar-refractivity contribution in [1.82, 2.24) is 9.97 Å². The fourth-order valence-electron chi connectivity index (χ4n) is 4.72. The van der Waals surface area contributed by atoms with Gasteiger partial charge in [-0.05, 0) is 44.3 Å². The van der Waals surface area contributed by atoms with E-state index in [4.69, 9.17) is 9.97 Å². The Kier molecular flexibility index (Phi) is 6.77. The van der Waals surface area contributed by atoms with Crippen molar-refractivity contribution in [2.75, 3.05) is 10.6 Å². The molecule has 5 aromatic carbocycles. The first-order valence-corrected chi connectivity index (χ1v) is 12.9. The van der Waals surface area contributed by atoms with Crippen LogP contribution in [0.4, 0.5) is 11.8 Å². The molecule has 6 aromatic rings. The standard InChI is InChI=1S/C34H28N4/c1-2-10-25(11-3-1)20-21-30-22-33(35-23-28-16-8-14-26-12-4-6-18-31(26)28)38-34(37-30)36-24-29-17-9-15-27-13-5-7-19-32(27)29/h1-22H,23-24H2,(H2,35,36,37,38)/b21-20+. The maximum absolute atomic E-state index is 4.81. The molecule has 184 valence electrons. The Labute approximate surface area is 222 Å². The van der Waals surface area contributed by atoms with Crippen LogP contribution in [0.2, 0.25) is 0 Å². The number of anilines is 2. The molecular formula is C34H28N4. The van der Waals surface area contributed by atoms with Gasteiger partial charge in [0.15, 0.2) is 0 Å². The number of hydrogen-bond acceptors (Lipinski definition) is 4. The molecular weight excluding hydrogens is 464 g/mol. The Morgan fingerprint density at radius 3 is 1.79 bits per heavy atom. The van der Waals surface area contributed by atoms with Crippen molar-refractivity contribution >= 4 is 45.5 Å². The van der Waals surface area contributed by atoms with Crippen LogP contribution < -0.4 is 10.6 Å². The Morgan fingerprint density at radius 2 is 1.11 bits per heavy atom. The second-order valence-corrected chi connectivity index (χ2v) is 9.23. The number of fused-ring (bicyclic) bond motifs is 2. The minimum atomic E-state index is 0.591. The predicted molar refractivity (Wildman–Crippen MR) is 160 cm³/mol. The van der Waals surface area contributed by atoms with Gasteiger partial charge >= 0.3 is 0 Å². The van der Waals surface area contributed by atoms with E-state index in [2.05, 4.69) is 114 Å². The van der Waals surface area contributed by atoms with Crippen molar-refractivity contribution < 1.29 is 0 Å². The molecule has 0 saturated carbocycles. The monoisotopic (exact) mass is 492 g/mol. The molecule has 0 bridgehead atoms. The molecule has 38 heavy (non-hydrogen) atoms. The van der Waals surface area contributed by atoms with Gasteiger partial charge in [0, 0.05) is 19.2 Å². The van der Waals surface area contributed by atoms with E-state index in [1.165, 1.54) is 32.7 Å². The van der Waals surface area contributed by atoms with Crippen molar-refractivity contribution in [3.05, 3.63) is 144 Å². The summed E-state index contributed by atoms with van der Waals surface area (Å²) in [6.07, 6.45) is 4.11. The minimum absolute atomic E-state index is 0.591. The van der Waals surface area contributed by atoms with Crippen LogP contribution in [0.5, 0.6) is 0 Å². The number of rotatable bonds is 8. The maximum Gasteiger partial charge on any atom is 0.225 e. The van der Waals surface area contributed by atoms with E-state index in [9.17, 15) is 0 Å². The topological polar surface area (TPSA) is 49.8 Å². The maximum atomic E-state index is 4.81. The van der Waals surface area contributed by atoms with Crippen molar-refractivity contribution in [3.63, 3.8) is 0 Å². The predicted octanol–water partition coefficient (Wildman–Crippen LogP) is 8.18. The fourth-order valence-corrected chi connectivity index (χ4v) is 4.72. The van der Waals surface area contributed by atoms with Gasteiger partial charge in [-0.25, -0.2) is 4.98 Å². The highest BCUT2D eigenvalue weighted by Gasteiger charge is 2.07. The van der Waals surface area contributed by atoms with E-state index in [0.29, 0.717) is 19.0 Å². The lowest BCUT2D eigenvalue weighted by Gasteiger charge is -2.12. The molecule has 6 rings (SSSR count). The molecule has 4 nitrogen and oxygen atoms in total. The highest BCUT2D eigenvalue weighted by molar-refractivity contribution is 5.86. The van der Waals surface area contributed by atoms with Gasteiger partial charge in [0.1, 0.15) is 5.82 Å². The van der Waals surface area contributed by atoms with Gasteiger partial charge < -0.3 is 10.6 Å². The number of hydrogen-bond donors (Lipinski definition) is 2. The summed E-state index contributed by atoms with van der Waals surface area (Å²) < 4.78 is 0. The largest absolute Gasteiger partial charge is 0.366 e. The molecule has 0 aliphatic rings. The van der Waals surface area contributed by atoms with Crippen LogP contribution in [0.3, 0.4) is 0 Å². The number of nitrogens with one attached hydrogen (secondary N) is 2. The second-order valence-electron chi connectivity index (χ2n) is 9.23. The number of aromatic nitrogens is 2. The summed E-state index contributed by atoms with van der Waals surface area (Å²) in [6, 6.07) is 41.9. The summed E-state index contributed by atoms with van der Waals surface area (Å²) in [5.41, 5.74) is 4.40. The van der Waals surface area contributed by atoms with E-state index in [1.807, 2.05) is 30.3 Å². The summed E-state index contributed by atoms with van der Waals surface area (Å²) in [7, 11) is 0. The highest BCUT2D eigenvalue weighted by Crippen LogP contribution is 2.22. The first-order chi connectivity index (χ1) is 18.8. The summed E-state index contributed by atoms with van der Waals surface area (Å²) >= 11 is 0. The molecule has 0 aliphatic heterocycles. The molecule has 0 unspecified atom stereocenters. The highest BCUT2D eigenvalue weighted by atomic mass is 15.1. The Balaban J connectivity index is 1.28. The number of benzene rings is 5. The average Bonchev–Trinajstić information content (AvgIpc) is 2.98. The molecule has 0 fully saturated rings. The second kappa shape index (κ2) is 11.0. The molecule has 0 radical (unpaired) electrons. The summed E-state index contributed by atoms with van der Waals surface area (Å²) in [4.78, 5) is 9.61. The summed E-state index contributed by atoms with van der Waals surface area (Å²) in [5.74, 6) is 1.37. The van der Waals surface area contributed by atoms with Crippen molar-refractivity contribution in [2.45, 2.75) is 13.1 Å². The summed E-state index contributed by atoms with van der Waals surface area (Å²) in [5, 5.41) is 11.9. The molecule has 1 aromatic heterocycles. The van der Waals surface area contributed by atoms with Crippen LogP contribution >= 0.6 is 0 Å². The Hall–Kier alpha value is -4.96. The smallest absolute Gasteiger partial charge is 0.225 e. The van der Waals surface area contributed by atoms with E-state index < -0.39 is 0 Å². The summed E-state index contributed by atoms with van der Waals surface area (Å²) in [6.45, 7) is 1.30. The van der Waals surface area contributed by atoms with Crippen molar-refractivity contribution in [1.29, 1.82) is 0 Å². The van der Waals surface area contributed by atoms with Crippen LogP contribution in [0.25, 0.3) is 33.7 Å². The van der Waals surface area contributed by atoms with Crippen LogP contribution in [-0.4, -0.2) is 9.97 Å². The molecule has 0 aliphatic carbocycles. The van der Waals surface area contributed by atoms with Crippen LogP contribution in [0, 0.1) is 0 Å². The first-order valence-electron chi connectivity index (χ1n) is 12.9. The van der Waals surface area contributed by atoms with E-state index in [-0.39, 0.29) is 0 Å². The van der Waals surface area contributed by atoms with Gasteiger partial charge in [0.2, 0.25) is 5.95 Å². The van der Waals surface area contributed by atoms with E-state index in [1.54, 1.807) is 0 Å². The molecule has 0 atom stereocenters. The van der Waals surface area contributed by atoms with Gasteiger partial charge in [-0.1, -0.05) is 121 Å². The normalized spacial score (nSPS) is 11.3. The van der Waals surface area contributed by atoms with Crippen LogP contribution in [0.1, 0.15) is 22.4 Å². The quantitative estimate of drug-likeness (QED) is 0.225. The third-order valence-corrected chi connectivity index (χ3v) is 6.65. The van der Waals surface area contributed by atoms with Gasteiger partial charge in [-0.15, -0.1) is 0 Å². The Morgan fingerprint density at radius 1 is 0.526 bits per heavy atom. The van der Waals surface area contributed by atoms with Gasteiger partial charge in [0.05, 0.1) is 5.69 Å². The zero-order chi connectivity index (χ0) is 25.6. The molecule has 1 heterocycles. The van der Waals surface area contributed by atoms with Crippen LogP contribution in [-0.2, 0) is 13.1 Å². The average molecular weight is 493 g/mol. The van der Waals surface area contributed by atoms with Gasteiger partial charge in [-0.3, -0.25) is 0 Å². The molecule has 0 spiro atoms. The number of nitrogens with zero attached hydrogens (tertiary/aromatic N) is 2. The lowest BCUT2D eigenvalue weighted by atomic mass is 10.0. The minimum Gasteiger partial charge on any atom is -0.366 e. The van der Waals surface area contributed by atoms with Crippen molar-refractivity contribution in [2.24, 2.45) is 0 Å². The molecule has 4 heteroatoms. The molecule has 0 saturated heterocycles. The molecule has 2 N–H and O–H groups in total. The zero-order valence-corrected chi connectivity index (χ0v) is 21.0. The van der Waals surface area contributed by atoms with E-state index >= 15 is 0 Å². The Bertz CT molecular complexity index is 1610.